The highest BCUT2D eigenvalue weighted by Gasteiger charge is 2.08. The van der Waals surface area contributed by atoms with Gasteiger partial charge in [0.15, 0.2) is 5.13 Å². The molecule has 1 aromatic heterocycles. The topological polar surface area (TPSA) is 71.5 Å². The molecule has 0 bridgehead atoms. The molecular weight excluding hydrogens is 252 g/mol. The average molecular weight is 266 g/mol. The number of fused-ring (bicyclic) bond motifs is 1. The Kier molecular flexibility index (Phi) is 4.11. The number of thiazole rings is 1. The lowest BCUT2D eigenvalue weighted by atomic mass is 10.3. The first-order chi connectivity index (χ1) is 8.72. The Morgan fingerprint density at radius 3 is 3.11 bits per heavy atom. The predicted molar refractivity (Wildman–Crippen MR) is 71.1 cm³/mol. The molecule has 2 N–H and O–H groups in total. The second kappa shape index (κ2) is 5.79. The van der Waals surface area contributed by atoms with Crippen molar-refractivity contribution in [3.63, 3.8) is 0 Å². The van der Waals surface area contributed by atoms with Crippen LogP contribution >= 0.6 is 11.3 Å². The summed E-state index contributed by atoms with van der Waals surface area (Å²) in [6, 6.07) is 5.57. The van der Waals surface area contributed by atoms with Gasteiger partial charge in [0.05, 0.1) is 17.3 Å². The minimum absolute atomic E-state index is 0.0183. The van der Waals surface area contributed by atoms with Crippen molar-refractivity contribution in [2.45, 2.75) is 12.8 Å². The van der Waals surface area contributed by atoms with Gasteiger partial charge in [-0.15, -0.1) is 0 Å². The van der Waals surface area contributed by atoms with Crippen LogP contribution in [0, 0.1) is 0 Å². The van der Waals surface area contributed by atoms with E-state index in [1.165, 1.54) is 11.3 Å². The number of aromatic nitrogens is 1. The van der Waals surface area contributed by atoms with E-state index in [-0.39, 0.29) is 12.5 Å². The zero-order chi connectivity index (χ0) is 13.0. The lowest BCUT2D eigenvalue weighted by Gasteiger charge is -1.98. The van der Waals surface area contributed by atoms with Crippen molar-refractivity contribution in [1.29, 1.82) is 0 Å². The summed E-state index contributed by atoms with van der Waals surface area (Å²) in [4.78, 5) is 15.8. The quantitative estimate of drug-likeness (QED) is 0.868. The summed E-state index contributed by atoms with van der Waals surface area (Å²) in [5.41, 5.74) is 0.832. The van der Waals surface area contributed by atoms with Crippen LogP contribution in [0.4, 0.5) is 5.13 Å². The first-order valence-corrected chi connectivity index (χ1v) is 6.40. The lowest BCUT2D eigenvalue weighted by Crippen LogP contribution is -2.11. The van der Waals surface area contributed by atoms with Crippen molar-refractivity contribution in [3.8, 4) is 5.75 Å². The van der Waals surface area contributed by atoms with Crippen LogP contribution in [0.25, 0.3) is 10.2 Å². The number of hydrogen-bond acceptors (Lipinski definition) is 5. The third-order valence-corrected chi connectivity index (χ3v) is 3.34. The Labute approximate surface area is 108 Å². The second-order valence-electron chi connectivity index (χ2n) is 3.73. The number of carbonyl (C=O) groups excluding carboxylic acids is 1. The fraction of sp³-hybridized carbons (Fsp3) is 0.333. The monoisotopic (exact) mass is 266 g/mol. The van der Waals surface area contributed by atoms with E-state index in [2.05, 4.69) is 10.3 Å². The molecule has 96 valence electrons. The molecule has 0 aliphatic carbocycles. The molecule has 0 saturated carbocycles. The van der Waals surface area contributed by atoms with Crippen LogP contribution in [0.5, 0.6) is 5.75 Å². The van der Waals surface area contributed by atoms with E-state index in [9.17, 15) is 4.79 Å². The summed E-state index contributed by atoms with van der Waals surface area (Å²) in [6.45, 7) is 0.0183. The zero-order valence-corrected chi connectivity index (χ0v) is 10.8. The number of hydrogen-bond donors (Lipinski definition) is 2. The van der Waals surface area contributed by atoms with Crippen LogP contribution in [0.2, 0.25) is 0 Å². The van der Waals surface area contributed by atoms with E-state index < -0.39 is 0 Å². The zero-order valence-electron chi connectivity index (χ0n) is 9.97. The number of nitrogens with one attached hydrogen (secondary N) is 1. The van der Waals surface area contributed by atoms with E-state index in [1.807, 2.05) is 18.2 Å². The highest BCUT2D eigenvalue weighted by molar-refractivity contribution is 7.22. The van der Waals surface area contributed by atoms with Crippen LogP contribution in [-0.2, 0) is 4.79 Å². The first-order valence-electron chi connectivity index (χ1n) is 5.58. The molecule has 6 heteroatoms. The minimum atomic E-state index is -0.130. The molecule has 18 heavy (non-hydrogen) atoms. The van der Waals surface area contributed by atoms with Crippen LogP contribution in [0.3, 0.4) is 0 Å². The van der Waals surface area contributed by atoms with Gasteiger partial charge in [-0.3, -0.25) is 4.79 Å². The molecule has 1 amide bonds. The number of benzene rings is 1. The standard InChI is InChI=1S/C12H14N2O3S/c1-17-8-4-5-9-10(7-8)18-12(13-9)14-11(16)3-2-6-15/h4-5,7,15H,2-3,6H2,1H3,(H,13,14,16). The van der Waals surface area contributed by atoms with Crippen molar-refractivity contribution in [1.82, 2.24) is 4.98 Å². The number of rotatable bonds is 5. The molecule has 0 aliphatic rings. The number of aliphatic hydroxyl groups excluding tert-OH is 1. The summed E-state index contributed by atoms with van der Waals surface area (Å²) in [6.07, 6.45) is 0.764. The first kappa shape index (κ1) is 12.8. The Bertz CT molecular complexity index is 553. The molecule has 0 atom stereocenters. The summed E-state index contributed by atoms with van der Waals surface area (Å²) >= 11 is 1.40. The number of nitrogens with zero attached hydrogens (tertiary/aromatic N) is 1. The third-order valence-electron chi connectivity index (χ3n) is 2.40. The van der Waals surface area contributed by atoms with Gasteiger partial charge in [-0.2, -0.15) is 0 Å². The van der Waals surface area contributed by atoms with E-state index >= 15 is 0 Å². The van der Waals surface area contributed by atoms with Gasteiger partial charge in [0, 0.05) is 13.0 Å². The molecule has 2 aromatic rings. The van der Waals surface area contributed by atoms with Gasteiger partial charge in [0.1, 0.15) is 5.75 Å². The predicted octanol–water partition coefficient (Wildman–Crippen LogP) is 2.02. The van der Waals surface area contributed by atoms with Crippen molar-refractivity contribution in [3.05, 3.63) is 18.2 Å². The molecule has 5 nitrogen and oxygen atoms in total. The fourth-order valence-electron chi connectivity index (χ4n) is 1.51. The van der Waals surface area contributed by atoms with Crippen LogP contribution < -0.4 is 10.1 Å². The fourth-order valence-corrected chi connectivity index (χ4v) is 2.42. The SMILES string of the molecule is COc1ccc2nc(NC(=O)CCCO)sc2c1. The van der Waals surface area contributed by atoms with Crippen LogP contribution in [0.15, 0.2) is 18.2 Å². The molecule has 0 saturated heterocycles. The van der Waals surface area contributed by atoms with Gasteiger partial charge in [-0.05, 0) is 24.6 Å². The number of methoxy groups -OCH3 is 1. The van der Waals surface area contributed by atoms with Crippen molar-refractivity contribution < 1.29 is 14.6 Å². The normalized spacial score (nSPS) is 10.6. The molecule has 0 fully saturated rings. The number of amides is 1. The summed E-state index contributed by atoms with van der Waals surface area (Å²) in [7, 11) is 1.61. The number of ether oxygens (including phenoxy) is 1. The minimum Gasteiger partial charge on any atom is -0.497 e. The van der Waals surface area contributed by atoms with Gasteiger partial charge < -0.3 is 15.2 Å². The van der Waals surface area contributed by atoms with Gasteiger partial charge >= 0.3 is 0 Å². The smallest absolute Gasteiger partial charge is 0.226 e. The van der Waals surface area contributed by atoms with Gasteiger partial charge in [0.2, 0.25) is 5.91 Å². The van der Waals surface area contributed by atoms with Gasteiger partial charge in [0.25, 0.3) is 0 Å². The molecule has 0 aliphatic heterocycles. The Morgan fingerprint density at radius 2 is 2.39 bits per heavy atom. The van der Waals surface area contributed by atoms with E-state index in [4.69, 9.17) is 9.84 Å². The van der Waals surface area contributed by atoms with E-state index in [0.29, 0.717) is 18.0 Å². The maximum Gasteiger partial charge on any atom is 0.226 e. The van der Waals surface area contributed by atoms with Crippen molar-refractivity contribution in [2.24, 2.45) is 0 Å². The number of aliphatic hydroxyl groups is 1. The lowest BCUT2D eigenvalue weighted by molar-refractivity contribution is -0.116. The highest BCUT2D eigenvalue weighted by atomic mass is 32.1. The van der Waals surface area contributed by atoms with Crippen molar-refractivity contribution in [2.75, 3.05) is 19.0 Å². The van der Waals surface area contributed by atoms with Crippen LogP contribution in [-0.4, -0.2) is 29.7 Å². The van der Waals surface area contributed by atoms with Crippen LogP contribution in [0.1, 0.15) is 12.8 Å². The van der Waals surface area contributed by atoms with E-state index in [0.717, 1.165) is 16.0 Å². The van der Waals surface area contributed by atoms with E-state index in [1.54, 1.807) is 7.11 Å². The maximum absolute atomic E-state index is 11.5. The van der Waals surface area contributed by atoms with Gasteiger partial charge in [-0.1, -0.05) is 11.3 Å². The maximum atomic E-state index is 11.5. The summed E-state index contributed by atoms with van der Waals surface area (Å²) in [5.74, 6) is 0.638. The van der Waals surface area contributed by atoms with Crippen molar-refractivity contribution >= 4 is 32.6 Å². The molecule has 0 spiro atoms. The number of anilines is 1. The Balaban J connectivity index is 2.12. The van der Waals surface area contributed by atoms with Gasteiger partial charge in [-0.25, -0.2) is 4.98 Å². The second-order valence-corrected chi connectivity index (χ2v) is 4.76. The summed E-state index contributed by atoms with van der Waals surface area (Å²) < 4.78 is 6.09. The third kappa shape index (κ3) is 2.96. The summed E-state index contributed by atoms with van der Waals surface area (Å²) in [5, 5.41) is 11.9. The molecule has 1 aromatic carbocycles. The Morgan fingerprint density at radius 1 is 1.56 bits per heavy atom. The Hall–Kier alpha value is -1.66. The molecule has 0 unspecified atom stereocenters. The largest absolute Gasteiger partial charge is 0.497 e. The number of carbonyl (C=O) groups is 1. The molecular formula is C12H14N2O3S. The molecule has 2 rings (SSSR count). The highest BCUT2D eigenvalue weighted by Crippen LogP contribution is 2.29. The molecule has 0 radical (unpaired) electrons. The molecule has 1 heterocycles. The average Bonchev–Trinajstić information content (AvgIpc) is 2.77.